The zero-order chi connectivity index (χ0) is 8.15. The third kappa shape index (κ3) is 3.28. The Morgan fingerprint density at radius 2 is 2.20 bits per heavy atom. The SMILES string of the molecule is CC/C(C)=C/C(C)C(=O)O. The second-order valence-corrected chi connectivity index (χ2v) is 2.49. The molecular formula is C8H14O2. The molecule has 58 valence electrons. The smallest absolute Gasteiger partial charge is 0.310 e. The van der Waals surface area contributed by atoms with Gasteiger partial charge < -0.3 is 5.11 Å². The van der Waals surface area contributed by atoms with Crippen molar-refractivity contribution in [3.05, 3.63) is 11.6 Å². The molecule has 0 saturated carbocycles. The van der Waals surface area contributed by atoms with E-state index < -0.39 is 5.97 Å². The molecule has 0 aromatic carbocycles. The lowest BCUT2D eigenvalue weighted by Gasteiger charge is -1.99. The average molecular weight is 142 g/mol. The molecule has 0 aliphatic carbocycles. The molecule has 0 aliphatic heterocycles. The minimum Gasteiger partial charge on any atom is -0.481 e. The Labute approximate surface area is 61.6 Å². The average Bonchev–Trinajstić information content (AvgIpc) is 1.87. The van der Waals surface area contributed by atoms with E-state index in [9.17, 15) is 4.79 Å². The molecule has 0 heterocycles. The predicted octanol–water partition coefficient (Wildman–Crippen LogP) is 2.06. The van der Waals surface area contributed by atoms with Crippen molar-refractivity contribution < 1.29 is 9.90 Å². The summed E-state index contributed by atoms with van der Waals surface area (Å²) < 4.78 is 0. The topological polar surface area (TPSA) is 37.3 Å². The molecule has 0 bridgehead atoms. The molecule has 0 radical (unpaired) electrons. The van der Waals surface area contributed by atoms with Gasteiger partial charge in [0.2, 0.25) is 0 Å². The highest BCUT2D eigenvalue weighted by Gasteiger charge is 2.05. The van der Waals surface area contributed by atoms with Crippen molar-refractivity contribution in [3.63, 3.8) is 0 Å². The van der Waals surface area contributed by atoms with Crippen molar-refractivity contribution in [2.45, 2.75) is 27.2 Å². The first kappa shape index (κ1) is 9.21. The standard InChI is InChI=1S/C8H14O2/c1-4-6(2)5-7(3)8(9)10/h5,7H,4H2,1-3H3,(H,9,10)/b6-5+. The maximum atomic E-state index is 10.3. The number of carboxylic acid groups (broad SMARTS) is 1. The van der Waals surface area contributed by atoms with E-state index in [1.165, 1.54) is 0 Å². The van der Waals surface area contributed by atoms with Gasteiger partial charge in [-0.15, -0.1) is 0 Å². The number of hydrogen-bond acceptors (Lipinski definition) is 1. The molecule has 0 fully saturated rings. The fourth-order valence-corrected chi connectivity index (χ4v) is 0.616. The van der Waals surface area contributed by atoms with Gasteiger partial charge in [-0.2, -0.15) is 0 Å². The lowest BCUT2D eigenvalue weighted by molar-refractivity contribution is -0.139. The van der Waals surface area contributed by atoms with Crippen molar-refractivity contribution >= 4 is 5.97 Å². The largest absolute Gasteiger partial charge is 0.481 e. The first-order valence-electron chi connectivity index (χ1n) is 3.48. The van der Waals surface area contributed by atoms with Crippen molar-refractivity contribution in [1.82, 2.24) is 0 Å². The Hall–Kier alpha value is -0.790. The van der Waals surface area contributed by atoms with Gasteiger partial charge in [-0.25, -0.2) is 0 Å². The molecule has 1 N–H and O–H groups in total. The summed E-state index contributed by atoms with van der Waals surface area (Å²) in [6.07, 6.45) is 2.71. The monoisotopic (exact) mass is 142 g/mol. The van der Waals surface area contributed by atoms with Gasteiger partial charge in [-0.05, 0) is 20.3 Å². The maximum Gasteiger partial charge on any atom is 0.310 e. The third-order valence-electron chi connectivity index (χ3n) is 1.48. The Kier molecular flexibility index (Phi) is 3.77. The van der Waals surface area contributed by atoms with E-state index in [-0.39, 0.29) is 5.92 Å². The molecule has 0 saturated heterocycles. The Bertz CT molecular complexity index is 147. The lowest BCUT2D eigenvalue weighted by Crippen LogP contribution is -2.06. The second kappa shape index (κ2) is 4.09. The third-order valence-corrected chi connectivity index (χ3v) is 1.48. The quantitative estimate of drug-likeness (QED) is 0.612. The summed E-state index contributed by atoms with van der Waals surface area (Å²) in [4.78, 5) is 10.3. The molecule has 0 aromatic heterocycles. The van der Waals surface area contributed by atoms with Gasteiger partial charge in [0.1, 0.15) is 0 Å². The van der Waals surface area contributed by atoms with Crippen molar-refractivity contribution in [1.29, 1.82) is 0 Å². The minimum atomic E-state index is -0.757. The highest BCUT2D eigenvalue weighted by molar-refractivity contribution is 5.71. The van der Waals surface area contributed by atoms with E-state index in [0.29, 0.717) is 0 Å². The fourth-order valence-electron chi connectivity index (χ4n) is 0.616. The van der Waals surface area contributed by atoms with Gasteiger partial charge in [0, 0.05) is 0 Å². The predicted molar refractivity (Wildman–Crippen MR) is 40.8 cm³/mol. The highest BCUT2D eigenvalue weighted by Crippen LogP contribution is 2.05. The summed E-state index contributed by atoms with van der Waals surface area (Å²) in [6, 6.07) is 0. The normalized spacial score (nSPS) is 14.9. The molecule has 1 unspecified atom stereocenters. The van der Waals surface area contributed by atoms with Crippen LogP contribution in [0.5, 0.6) is 0 Å². The van der Waals surface area contributed by atoms with Crippen LogP contribution in [0.2, 0.25) is 0 Å². The number of allylic oxidation sites excluding steroid dienone is 1. The number of aliphatic carboxylic acids is 1. The zero-order valence-corrected chi connectivity index (χ0v) is 6.72. The van der Waals surface area contributed by atoms with Crippen LogP contribution in [0.15, 0.2) is 11.6 Å². The van der Waals surface area contributed by atoms with Crippen LogP contribution in [0.1, 0.15) is 27.2 Å². The van der Waals surface area contributed by atoms with E-state index in [2.05, 4.69) is 0 Å². The van der Waals surface area contributed by atoms with Gasteiger partial charge >= 0.3 is 5.97 Å². The van der Waals surface area contributed by atoms with Gasteiger partial charge in [0.15, 0.2) is 0 Å². The molecule has 2 heteroatoms. The highest BCUT2D eigenvalue weighted by atomic mass is 16.4. The lowest BCUT2D eigenvalue weighted by atomic mass is 10.1. The fraction of sp³-hybridized carbons (Fsp3) is 0.625. The summed E-state index contributed by atoms with van der Waals surface area (Å²) in [7, 11) is 0. The van der Waals surface area contributed by atoms with Crippen LogP contribution in [-0.4, -0.2) is 11.1 Å². The van der Waals surface area contributed by atoms with Gasteiger partial charge in [0.25, 0.3) is 0 Å². The first-order chi connectivity index (χ1) is 4.57. The van der Waals surface area contributed by atoms with E-state index in [1.807, 2.05) is 13.8 Å². The number of hydrogen-bond donors (Lipinski definition) is 1. The molecule has 0 rings (SSSR count). The summed E-state index contributed by atoms with van der Waals surface area (Å²) >= 11 is 0. The Morgan fingerprint density at radius 3 is 2.50 bits per heavy atom. The molecule has 0 aliphatic rings. The van der Waals surface area contributed by atoms with Gasteiger partial charge in [0.05, 0.1) is 5.92 Å². The minimum absolute atomic E-state index is 0.347. The van der Waals surface area contributed by atoms with Crippen LogP contribution in [0.4, 0.5) is 0 Å². The van der Waals surface area contributed by atoms with Crippen molar-refractivity contribution in [2.75, 3.05) is 0 Å². The van der Waals surface area contributed by atoms with E-state index in [0.717, 1.165) is 12.0 Å². The Balaban J connectivity index is 3.99. The molecule has 1 atom stereocenters. The van der Waals surface area contributed by atoms with Crippen LogP contribution in [0.3, 0.4) is 0 Å². The van der Waals surface area contributed by atoms with E-state index >= 15 is 0 Å². The van der Waals surface area contributed by atoms with Crippen LogP contribution in [-0.2, 0) is 4.79 Å². The maximum absolute atomic E-state index is 10.3. The molecule has 10 heavy (non-hydrogen) atoms. The van der Waals surface area contributed by atoms with Crippen molar-refractivity contribution in [3.8, 4) is 0 Å². The van der Waals surface area contributed by atoms with Crippen LogP contribution >= 0.6 is 0 Å². The van der Waals surface area contributed by atoms with Crippen LogP contribution in [0, 0.1) is 5.92 Å². The second-order valence-electron chi connectivity index (χ2n) is 2.49. The number of carbonyl (C=O) groups is 1. The Morgan fingerprint density at radius 1 is 1.70 bits per heavy atom. The molecule has 2 nitrogen and oxygen atoms in total. The zero-order valence-electron chi connectivity index (χ0n) is 6.72. The van der Waals surface area contributed by atoms with E-state index in [4.69, 9.17) is 5.11 Å². The number of carboxylic acids is 1. The molecule has 0 spiro atoms. The summed E-state index contributed by atoms with van der Waals surface area (Å²) in [5, 5.41) is 8.48. The summed E-state index contributed by atoms with van der Waals surface area (Å²) in [5.41, 5.74) is 1.13. The van der Waals surface area contributed by atoms with E-state index in [1.54, 1.807) is 13.0 Å². The molecule has 0 aromatic rings. The van der Waals surface area contributed by atoms with Crippen molar-refractivity contribution in [2.24, 2.45) is 5.92 Å². The first-order valence-corrected chi connectivity index (χ1v) is 3.48. The molecular weight excluding hydrogens is 128 g/mol. The number of rotatable bonds is 3. The van der Waals surface area contributed by atoms with Crippen LogP contribution in [0.25, 0.3) is 0 Å². The van der Waals surface area contributed by atoms with Crippen LogP contribution < -0.4 is 0 Å². The summed E-state index contributed by atoms with van der Waals surface area (Å²) in [5.74, 6) is -1.10. The summed E-state index contributed by atoms with van der Waals surface area (Å²) in [6.45, 7) is 5.64. The molecule has 0 amide bonds. The van der Waals surface area contributed by atoms with Gasteiger partial charge in [-0.3, -0.25) is 4.79 Å². The van der Waals surface area contributed by atoms with Gasteiger partial charge in [-0.1, -0.05) is 18.6 Å².